The zero-order chi connectivity index (χ0) is 16.3. The van der Waals surface area contributed by atoms with Crippen molar-refractivity contribution in [1.82, 2.24) is 5.32 Å². The predicted molar refractivity (Wildman–Crippen MR) is 80.1 cm³/mol. The normalized spacial score (nSPS) is 17.5. The minimum atomic E-state index is -0.596. The summed E-state index contributed by atoms with van der Waals surface area (Å²) in [7, 11) is 1.55. The van der Waals surface area contributed by atoms with Crippen LogP contribution in [-0.2, 0) is 9.47 Å². The van der Waals surface area contributed by atoms with Crippen molar-refractivity contribution in [2.45, 2.75) is 32.4 Å². The third-order valence-corrected chi connectivity index (χ3v) is 2.94. The van der Waals surface area contributed by atoms with Crippen LogP contribution in [0.25, 0.3) is 0 Å². The third-order valence-electron chi connectivity index (χ3n) is 2.94. The van der Waals surface area contributed by atoms with Crippen LogP contribution in [0.1, 0.15) is 32.4 Å². The van der Waals surface area contributed by atoms with E-state index < -0.39 is 17.8 Å². The molecule has 0 radical (unpaired) electrons. The van der Waals surface area contributed by atoms with E-state index in [0.29, 0.717) is 17.0 Å². The van der Waals surface area contributed by atoms with E-state index in [0.717, 1.165) is 0 Å². The molecule has 22 heavy (non-hydrogen) atoms. The number of anilines is 1. The van der Waals surface area contributed by atoms with Gasteiger partial charge in [-0.05, 0) is 39.0 Å². The van der Waals surface area contributed by atoms with Crippen LogP contribution in [0, 0.1) is 0 Å². The first-order chi connectivity index (χ1) is 10.3. The van der Waals surface area contributed by atoms with Crippen molar-refractivity contribution in [3.63, 3.8) is 0 Å². The summed E-state index contributed by atoms with van der Waals surface area (Å²) in [5.41, 5.74) is 0.628. The maximum Gasteiger partial charge on any atom is 0.412 e. The van der Waals surface area contributed by atoms with E-state index in [1.165, 1.54) is 0 Å². The number of cyclic esters (lactones) is 1. The van der Waals surface area contributed by atoms with Crippen molar-refractivity contribution < 1.29 is 23.8 Å². The Kier molecular flexibility index (Phi) is 4.44. The van der Waals surface area contributed by atoms with Gasteiger partial charge in [0.05, 0.1) is 13.2 Å². The maximum atomic E-state index is 11.9. The van der Waals surface area contributed by atoms with Gasteiger partial charge in [0.1, 0.15) is 18.0 Å². The number of amides is 2. The summed E-state index contributed by atoms with van der Waals surface area (Å²) in [5.74, 6) is 0.617. The lowest BCUT2D eigenvalue weighted by Crippen LogP contribution is -2.28. The second kappa shape index (κ2) is 6.13. The Morgan fingerprint density at radius 3 is 2.68 bits per heavy atom. The van der Waals surface area contributed by atoms with E-state index in [1.54, 1.807) is 46.1 Å². The Hall–Kier alpha value is -2.44. The van der Waals surface area contributed by atoms with Gasteiger partial charge in [0.15, 0.2) is 0 Å². The average molecular weight is 308 g/mol. The number of rotatable bonds is 3. The number of hydrogen-bond acceptors (Lipinski definition) is 5. The second-order valence-corrected chi connectivity index (χ2v) is 5.88. The number of ether oxygens (including phenoxy) is 3. The number of methoxy groups -OCH3 is 1. The van der Waals surface area contributed by atoms with E-state index >= 15 is 0 Å². The number of carbonyl (C=O) groups is 2. The van der Waals surface area contributed by atoms with Crippen LogP contribution in [-0.4, -0.2) is 31.5 Å². The average Bonchev–Trinajstić information content (AvgIpc) is 2.83. The van der Waals surface area contributed by atoms with Gasteiger partial charge in [0.2, 0.25) is 0 Å². The summed E-state index contributed by atoms with van der Waals surface area (Å²) in [6, 6.07) is 4.80. The van der Waals surface area contributed by atoms with E-state index in [4.69, 9.17) is 14.2 Å². The van der Waals surface area contributed by atoms with Crippen molar-refractivity contribution in [2.24, 2.45) is 0 Å². The lowest BCUT2D eigenvalue weighted by molar-refractivity contribution is 0.0635. The molecule has 0 spiro atoms. The van der Waals surface area contributed by atoms with Gasteiger partial charge < -0.3 is 19.5 Å². The molecule has 1 saturated heterocycles. The van der Waals surface area contributed by atoms with Crippen LogP contribution in [0.3, 0.4) is 0 Å². The van der Waals surface area contributed by atoms with E-state index in [1.807, 2.05) is 0 Å². The van der Waals surface area contributed by atoms with Crippen LogP contribution in [0.5, 0.6) is 5.75 Å². The molecule has 2 N–H and O–H groups in total. The maximum absolute atomic E-state index is 11.9. The molecular weight excluding hydrogens is 288 g/mol. The highest BCUT2D eigenvalue weighted by molar-refractivity contribution is 5.86. The fraction of sp³-hybridized carbons (Fsp3) is 0.467. The molecule has 0 aliphatic carbocycles. The molecule has 1 aromatic carbocycles. The minimum Gasteiger partial charge on any atom is -0.497 e. The number of nitrogens with one attached hydrogen (secondary N) is 2. The van der Waals surface area contributed by atoms with E-state index in [9.17, 15) is 9.59 Å². The summed E-state index contributed by atoms with van der Waals surface area (Å²) >= 11 is 0. The fourth-order valence-corrected chi connectivity index (χ4v) is 2.04. The zero-order valence-electron chi connectivity index (χ0n) is 13.1. The van der Waals surface area contributed by atoms with E-state index in [2.05, 4.69) is 10.6 Å². The SMILES string of the molecule is COc1ccc(NC(=O)OC(C)(C)C)c(C2COC(=O)N2)c1. The van der Waals surface area contributed by atoms with Gasteiger partial charge in [-0.25, -0.2) is 9.59 Å². The molecule has 1 fully saturated rings. The van der Waals surface area contributed by atoms with Gasteiger partial charge in [-0.3, -0.25) is 5.32 Å². The predicted octanol–water partition coefficient (Wildman–Crippen LogP) is 2.82. The van der Waals surface area contributed by atoms with Crippen LogP contribution in [0.15, 0.2) is 18.2 Å². The molecule has 1 aromatic rings. The van der Waals surface area contributed by atoms with Crippen LogP contribution in [0.2, 0.25) is 0 Å². The van der Waals surface area contributed by atoms with Crippen LogP contribution in [0.4, 0.5) is 15.3 Å². The Balaban J connectivity index is 2.22. The largest absolute Gasteiger partial charge is 0.497 e. The van der Waals surface area contributed by atoms with Crippen molar-refractivity contribution in [3.8, 4) is 5.75 Å². The molecule has 7 nitrogen and oxygen atoms in total. The lowest BCUT2D eigenvalue weighted by atomic mass is 10.1. The Morgan fingerprint density at radius 1 is 1.41 bits per heavy atom. The monoisotopic (exact) mass is 308 g/mol. The summed E-state index contributed by atoms with van der Waals surface area (Å²) in [6.07, 6.45) is -1.06. The van der Waals surface area contributed by atoms with Gasteiger partial charge in [0, 0.05) is 11.3 Å². The molecule has 2 amide bonds. The van der Waals surface area contributed by atoms with Crippen molar-refractivity contribution >= 4 is 17.9 Å². The highest BCUT2D eigenvalue weighted by atomic mass is 16.6. The Labute approximate surface area is 128 Å². The van der Waals surface area contributed by atoms with Gasteiger partial charge >= 0.3 is 12.2 Å². The molecular formula is C15H20N2O5. The molecule has 1 aliphatic heterocycles. The minimum absolute atomic E-state index is 0.189. The molecule has 0 aromatic heterocycles. The first-order valence-corrected chi connectivity index (χ1v) is 6.90. The molecule has 7 heteroatoms. The molecule has 0 saturated carbocycles. The highest BCUT2D eigenvalue weighted by Gasteiger charge is 2.27. The first kappa shape index (κ1) is 15.9. The molecule has 1 unspecified atom stereocenters. The van der Waals surface area contributed by atoms with Crippen LogP contribution < -0.4 is 15.4 Å². The first-order valence-electron chi connectivity index (χ1n) is 6.90. The van der Waals surface area contributed by atoms with Crippen LogP contribution >= 0.6 is 0 Å². The van der Waals surface area contributed by atoms with Crippen molar-refractivity contribution in [3.05, 3.63) is 23.8 Å². The summed E-state index contributed by atoms with van der Waals surface area (Å²) in [4.78, 5) is 23.2. The van der Waals surface area contributed by atoms with Crippen molar-refractivity contribution in [1.29, 1.82) is 0 Å². The highest BCUT2D eigenvalue weighted by Crippen LogP contribution is 2.30. The van der Waals surface area contributed by atoms with Gasteiger partial charge in [-0.2, -0.15) is 0 Å². The van der Waals surface area contributed by atoms with Gasteiger partial charge in [-0.15, -0.1) is 0 Å². The Bertz CT molecular complexity index is 580. The topological polar surface area (TPSA) is 85.9 Å². The van der Waals surface area contributed by atoms with E-state index in [-0.39, 0.29) is 12.6 Å². The van der Waals surface area contributed by atoms with Gasteiger partial charge in [-0.1, -0.05) is 0 Å². The molecule has 120 valence electrons. The third kappa shape index (κ3) is 4.03. The summed E-state index contributed by atoms with van der Waals surface area (Å²) < 4.78 is 15.3. The quantitative estimate of drug-likeness (QED) is 0.896. The number of carbonyl (C=O) groups excluding carboxylic acids is 2. The number of alkyl carbamates (subject to hydrolysis) is 1. The zero-order valence-corrected chi connectivity index (χ0v) is 13.1. The molecule has 0 bridgehead atoms. The molecule has 1 aliphatic rings. The molecule has 2 rings (SSSR count). The standard InChI is InChI=1S/C15H20N2O5/c1-15(2,3)22-14(19)16-11-6-5-9(20-4)7-10(11)12-8-21-13(18)17-12/h5-7,12H,8H2,1-4H3,(H,16,19)(H,17,18). The van der Waals surface area contributed by atoms with Gasteiger partial charge in [0.25, 0.3) is 0 Å². The van der Waals surface area contributed by atoms with Crippen molar-refractivity contribution in [2.75, 3.05) is 19.0 Å². The second-order valence-electron chi connectivity index (χ2n) is 5.88. The molecule has 1 heterocycles. The lowest BCUT2D eigenvalue weighted by Gasteiger charge is -2.21. The Morgan fingerprint density at radius 2 is 2.14 bits per heavy atom. The molecule has 1 atom stereocenters. The fourth-order valence-electron chi connectivity index (χ4n) is 2.04. The number of hydrogen-bond donors (Lipinski definition) is 2. The smallest absolute Gasteiger partial charge is 0.412 e. The summed E-state index contributed by atoms with van der Waals surface area (Å²) in [6.45, 7) is 5.54. The number of benzene rings is 1. The summed E-state index contributed by atoms with van der Waals surface area (Å²) in [5, 5.41) is 5.36.